The standard InChI is InChI=1S/C27H20N2O3S/c1-16(30)28-17-9-11-18(12-10-17)29-25(31)15-33-24-14-13-20-19-5-2-3-6-21(19)27(32)23-8-4-7-22(24)26(20)23/h2-14H,15H2,1H3,(H,28,30)(H,29,31). The highest BCUT2D eigenvalue weighted by atomic mass is 32.2. The van der Waals surface area contributed by atoms with E-state index in [-0.39, 0.29) is 23.4 Å². The molecule has 0 aliphatic heterocycles. The molecule has 0 unspecified atom stereocenters. The number of thioether (sulfide) groups is 1. The van der Waals surface area contributed by atoms with E-state index in [0.29, 0.717) is 16.9 Å². The number of nitrogens with one attached hydrogen (secondary N) is 2. The average Bonchev–Trinajstić information content (AvgIpc) is 2.82. The first-order valence-electron chi connectivity index (χ1n) is 10.5. The van der Waals surface area contributed by atoms with E-state index < -0.39 is 0 Å². The second-order valence-corrected chi connectivity index (χ2v) is 8.83. The summed E-state index contributed by atoms with van der Waals surface area (Å²) in [5.74, 6) is -0.00803. The Hall–Kier alpha value is -3.90. The summed E-state index contributed by atoms with van der Waals surface area (Å²) in [7, 11) is 0. The van der Waals surface area contributed by atoms with Gasteiger partial charge in [0, 0.05) is 39.7 Å². The monoisotopic (exact) mass is 452 g/mol. The predicted molar refractivity (Wildman–Crippen MR) is 133 cm³/mol. The number of carbonyl (C=O) groups is 3. The minimum Gasteiger partial charge on any atom is -0.326 e. The summed E-state index contributed by atoms with van der Waals surface area (Å²) in [6, 6.07) is 24.5. The molecule has 162 valence electrons. The molecule has 0 saturated heterocycles. The molecular weight excluding hydrogens is 432 g/mol. The molecule has 0 atom stereocenters. The maximum absolute atomic E-state index is 13.1. The van der Waals surface area contributed by atoms with Crippen LogP contribution in [0.3, 0.4) is 0 Å². The van der Waals surface area contributed by atoms with Crippen molar-refractivity contribution < 1.29 is 14.4 Å². The lowest BCUT2D eigenvalue weighted by Gasteiger charge is -2.21. The number of rotatable bonds is 5. The second kappa shape index (κ2) is 8.56. The molecule has 0 bridgehead atoms. The molecule has 0 spiro atoms. The third kappa shape index (κ3) is 4.01. The number of carbonyl (C=O) groups excluding carboxylic acids is 3. The van der Waals surface area contributed by atoms with Crippen LogP contribution >= 0.6 is 11.8 Å². The fraction of sp³-hybridized carbons (Fsp3) is 0.0741. The average molecular weight is 453 g/mol. The Morgan fingerprint density at radius 2 is 1.39 bits per heavy atom. The van der Waals surface area contributed by atoms with E-state index >= 15 is 0 Å². The van der Waals surface area contributed by atoms with Gasteiger partial charge < -0.3 is 10.6 Å². The van der Waals surface area contributed by atoms with Gasteiger partial charge in [-0.25, -0.2) is 0 Å². The van der Waals surface area contributed by atoms with E-state index in [9.17, 15) is 14.4 Å². The largest absolute Gasteiger partial charge is 0.326 e. The van der Waals surface area contributed by atoms with Gasteiger partial charge in [-0.05, 0) is 46.8 Å². The summed E-state index contributed by atoms with van der Waals surface area (Å²) in [6.45, 7) is 1.45. The molecule has 2 amide bonds. The zero-order chi connectivity index (χ0) is 22.9. The number of hydrogen-bond acceptors (Lipinski definition) is 4. The number of hydrogen-bond donors (Lipinski definition) is 2. The van der Waals surface area contributed by atoms with Crippen LogP contribution in [0.2, 0.25) is 0 Å². The van der Waals surface area contributed by atoms with Crippen LogP contribution in [0.4, 0.5) is 11.4 Å². The number of fused-ring (bicyclic) bond motifs is 2. The van der Waals surface area contributed by atoms with Crippen molar-refractivity contribution in [3.05, 3.63) is 90.0 Å². The highest BCUT2D eigenvalue weighted by Gasteiger charge is 2.25. The third-order valence-corrected chi connectivity index (χ3v) is 6.63. The van der Waals surface area contributed by atoms with Crippen LogP contribution in [0, 0.1) is 0 Å². The number of ketones is 1. The molecule has 0 radical (unpaired) electrons. The normalized spacial score (nSPS) is 11.7. The van der Waals surface area contributed by atoms with Gasteiger partial charge in [0.15, 0.2) is 5.78 Å². The highest BCUT2D eigenvalue weighted by molar-refractivity contribution is 8.00. The lowest BCUT2D eigenvalue weighted by Crippen LogP contribution is -2.14. The number of amides is 2. The Labute approximate surface area is 195 Å². The Morgan fingerprint density at radius 1 is 0.727 bits per heavy atom. The van der Waals surface area contributed by atoms with E-state index in [1.807, 2.05) is 54.6 Å². The van der Waals surface area contributed by atoms with Gasteiger partial charge in [0.2, 0.25) is 11.8 Å². The molecule has 0 saturated carbocycles. The molecule has 4 aromatic rings. The van der Waals surface area contributed by atoms with Crippen LogP contribution in [-0.2, 0) is 9.59 Å². The summed E-state index contributed by atoms with van der Waals surface area (Å²) >= 11 is 1.44. The first-order chi connectivity index (χ1) is 16.0. The fourth-order valence-electron chi connectivity index (χ4n) is 4.16. The lowest BCUT2D eigenvalue weighted by molar-refractivity contribution is -0.114. The molecule has 2 N–H and O–H groups in total. The van der Waals surface area contributed by atoms with Gasteiger partial charge in [0.05, 0.1) is 5.75 Å². The van der Waals surface area contributed by atoms with Crippen LogP contribution in [-0.4, -0.2) is 23.4 Å². The van der Waals surface area contributed by atoms with Crippen LogP contribution in [0.1, 0.15) is 22.8 Å². The SMILES string of the molecule is CC(=O)Nc1ccc(NC(=O)CSc2ccc3c4c(cccc24)C(=O)c2ccccc2-3)cc1. The lowest BCUT2D eigenvalue weighted by atomic mass is 9.83. The van der Waals surface area contributed by atoms with Crippen LogP contribution < -0.4 is 10.6 Å². The Bertz CT molecular complexity index is 1430. The van der Waals surface area contributed by atoms with Gasteiger partial charge in [-0.2, -0.15) is 0 Å². The second-order valence-electron chi connectivity index (χ2n) is 7.81. The number of benzene rings is 4. The molecule has 6 heteroatoms. The Morgan fingerprint density at radius 3 is 2.12 bits per heavy atom. The smallest absolute Gasteiger partial charge is 0.234 e. The summed E-state index contributed by atoms with van der Waals surface area (Å²) < 4.78 is 0. The molecule has 0 fully saturated rings. The van der Waals surface area contributed by atoms with Gasteiger partial charge in [-0.15, -0.1) is 11.8 Å². The van der Waals surface area contributed by atoms with Crippen molar-refractivity contribution in [1.82, 2.24) is 0 Å². The van der Waals surface area contributed by atoms with Gasteiger partial charge in [-0.3, -0.25) is 14.4 Å². The molecule has 1 aliphatic rings. The van der Waals surface area contributed by atoms with E-state index in [2.05, 4.69) is 10.6 Å². The maximum atomic E-state index is 13.1. The van der Waals surface area contributed by atoms with Crippen molar-refractivity contribution in [3.63, 3.8) is 0 Å². The van der Waals surface area contributed by atoms with Gasteiger partial charge in [0.25, 0.3) is 0 Å². The first kappa shape index (κ1) is 21.0. The van der Waals surface area contributed by atoms with Crippen molar-refractivity contribution in [3.8, 4) is 11.1 Å². The third-order valence-electron chi connectivity index (χ3n) is 5.55. The topological polar surface area (TPSA) is 75.3 Å². The van der Waals surface area contributed by atoms with Crippen molar-refractivity contribution >= 4 is 51.5 Å². The minimum absolute atomic E-state index is 0.0336. The molecule has 1 aliphatic carbocycles. The van der Waals surface area contributed by atoms with E-state index in [1.165, 1.54) is 18.7 Å². The highest BCUT2D eigenvalue weighted by Crippen LogP contribution is 2.42. The summed E-state index contributed by atoms with van der Waals surface area (Å²) in [6.07, 6.45) is 0. The van der Waals surface area contributed by atoms with E-state index in [1.54, 1.807) is 24.3 Å². The summed E-state index contributed by atoms with van der Waals surface area (Å²) in [4.78, 5) is 37.7. The van der Waals surface area contributed by atoms with Crippen molar-refractivity contribution in [2.24, 2.45) is 0 Å². The Kier molecular flexibility index (Phi) is 5.44. The molecule has 5 nitrogen and oxygen atoms in total. The molecular formula is C27H20N2O3S. The van der Waals surface area contributed by atoms with Crippen molar-refractivity contribution in [2.75, 3.05) is 16.4 Å². The summed E-state index contributed by atoms with van der Waals surface area (Å²) in [5.41, 5.74) is 4.75. The molecule has 0 heterocycles. The summed E-state index contributed by atoms with van der Waals surface area (Å²) in [5, 5.41) is 7.50. The maximum Gasteiger partial charge on any atom is 0.234 e. The van der Waals surface area contributed by atoms with Crippen LogP contribution in [0.25, 0.3) is 21.9 Å². The van der Waals surface area contributed by atoms with Gasteiger partial charge in [0.1, 0.15) is 0 Å². The van der Waals surface area contributed by atoms with Crippen LogP contribution in [0.15, 0.2) is 83.8 Å². The fourth-order valence-corrected chi connectivity index (χ4v) is 5.01. The van der Waals surface area contributed by atoms with Gasteiger partial charge in [-0.1, -0.05) is 48.5 Å². The minimum atomic E-state index is -0.144. The zero-order valence-electron chi connectivity index (χ0n) is 17.8. The molecule has 5 rings (SSSR count). The Balaban J connectivity index is 1.37. The number of anilines is 2. The molecule has 4 aromatic carbocycles. The molecule has 0 aromatic heterocycles. The van der Waals surface area contributed by atoms with Crippen molar-refractivity contribution in [1.29, 1.82) is 0 Å². The zero-order valence-corrected chi connectivity index (χ0v) is 18.7. The van der Waals surface area contributed by atoms with Crippen molar-refractivity contribution in [2.45, 2.75) is 11.8 Å². The predicted octanol–water partition coefficient (Wildman–Crippen LogP) is 5.74. The van der Waals surface area contributed by atoms with Gasteiger partial charge >= 0.3 is 0 Å². The van der Waals surface area contributed by atoms with E-state index in [0.717, 1.165) is 32.4 Å². The van der Waals surface area contributed by atoms with E-state index in [4.69, 9.17) is 0 Å². The molecule has 33 heavy (non-hydrogen) atoms. The van der Waals surface area contributed by atoms with Crippen LogP contribution in [0.5, 0.6) is 0 Å². The quantitative estimate of drug-likeness (QED) is 0.334. The first-order valence-corrected chi connectivity index (χ1v) is 11.5.